The van der Waals surface area contributed by atoms with Crippen molar-refractivity contribution in [2.45, 2.75) is 25.3 Å². The zero-order chi connectivity index (χ0) is 15.9. The molecular formula is C15H14FN3O3. The van der Waals surface area contributed by atoms with E-state index in [1.165, 1.54) is 22.9 Å². The van der Waals surface area contributed by atoms with Gasteiger partial charge in [-0.1, -0.05) is 0 Å². The zero-order valence-corrected chi connectivity index (χ0v) is 11.8. The Labute approximate surface area is 125 Å². The van der Waals surface area contributed by atoms with E-state index in [-0.39, 0.29) is 11.5 Å². The summed E-state index contributed by atoms with van der Waals surface area (Å²) in [5, 5.41) is 15.7. The Balaban J connectivity index is 1.82. The van der Waals surface area contributed by atoms with Crippen molar-refractivity contribution in [1.82, 2.24) is 15.1 Å². The van der Waals surface area contributed by atoms with Gasteiger partial charge < -0.3 is 10.4 Å². The van der Waals surface area contributed by atoms with E-state index in [9.17, 15) is 14.0 Å². The lowest BCUT2D eigenvalue weighted by atomic mass is 10.2. The lowest BCUT2D eigenvalue weighted by Gasteiger charge is -2.10. The van der Waals surface area contributed by atoms with Crippen LogP contribution in [-0.4, -0.2) is 32.3 Å². The Hall–Kier alpha value is -2.70. The predicted molar refractivity (Wildman–Crippen MR) is 75.3 cm³/mol. The largest absolute Gasteiger partial charge is 0.480 e. The number of aliphatic carboxylic acids is 1. The molecule has 22 heavy (non-hydrogen) atoms. The number of hydrogen-bond acceptors (Lipinski definition) is 3. The van der Waals surface area contributed by atoms with E-state index in [1.807, 2.05) is 0 Å². The molecule has 1 aliphatic rings. The molecule has 0 saturated heterocycles. The van der Waals surface area contributed by atoms with Gasteiger partial charge in [-0.3, -0.25) is 4.79 Å². The number of carbonyl (C=O) groups excluding carboxylic acids is 1. The van der Waals surface area contributed by atoms with Crippen molar-refractivity contribution in [2.24, 2.45) is 0 Å². The van der Waals surface area contributed by atoms with Crippen LogP contribution in [0.15, 0.2) is 30.5 Å². The summed E-state index contributed by atoms with van der Waals surface area (Å²) in [6.07, 6.45) is 2.42. The number of benzene rings is 1. The first kappa shape index (κ1) is 14.2. The number of halogens is 1. The molecule has 1 fully saturated rings. The van der Waals surface area contributed by atoms with Crippen LogP contribution >= 0.6 is 0 Å². The molecule has 0 aliphatic heterocycles. The first-order valence-electron chi connectivity index (χ1n) is 6.79. The summed E-state index contributed by atoms with van der Waals surface area (Å²) in [5.41, 5.74) is 0.308. The van der Waals surface area contributed by atoms with E-state index in [4.69, 9.17) is 5.11 Å². The number of aromatic nitrogens is 2. The molecule has 2 aromatic rings. The molecule has 1 heterocycles. The first-order valence-corrected chi connectivity index (χ1v) is 6.79. The molecule has 0 bridgehead atoms. The maximum absolute atomic E-state index is 13.1. The van der Waals surface area contributed by atoms with E-state index < -0.39 is 17.4 Å². The van der Waals surface area contributed by atoms with Crippen LogP contribution in [0.2, 0.25) is 0 Å². The molecule has 2 N–H and O–H groups in total. The fraction of sp³-hybridized carbons (Fsp3) is 0.267. The van der Waals surface area contributed by atoms with Crippen molar-refractivity contribution in [3.05, 3.63) is 47.5 Å². The van der Waals surface area contributed by atoms with Gasteiger partial charge in [-0.15, -0.1) is 0 Å². The SMILES string of the molecule is Cc1cc(F)ccc1-n1ccc(C(=O)NC2(C(=O)O)CC2)n1. The Morgan fingerprint density at radius 3 is 2.68 bits per heavy atom. The fourth-order valence-corrected chi connectivity index (χ4v) is 2.25. The average Bonchev–Trinajstić information content (AvgIpc) is 3.07. The third-order valence-corrected chi connectivity index (χ3v) is 3.74. The van der Waals surface area contributed by atoms with E-state index in [2.05, 4.69) is 10.4 Å². The molecule has 3 rings (SSSR count). The highest BCUT2D eigenvalue weighted by Crippen LogP contribution is 2.35. The summed E-state index contributed by atoms with van der Waals surface area (Å²) in [7, 11) is 0. The second-order valence-corrected chi connectivity index (χ2v) is 5.42. The predicted octanol–water partition coefficient (Wildman–Crippen LogP) is 1.67. The third kappa shape index (κ3) is 2.45. The average molecular weight is 303 g/mol. The number of nitrogens with zero attached hydrogens (tertiary/aromatic N) is 2. The van der Waals surface area contributed by atoms with Gasteiger partial charge in [0.1, 0.15) is 11.4 Å². The second-order valence-electron chi connectivity index (χ2n) is 5.42. The molecule has 0 unspecified atom stereocenters. The summed E-state index contributed by atoms with van der Waals surface area (Å²) in [4.78, 5) is 23.2. The van der Waals surface area contributed by atoms with Gasteiger partial charge in [0.15, 0.2) is 5.69 Å². The number of amides is 1. The Kier molecular flexibility index (Phi) is 3.20. The molecule has 7 heteroatoms. The minimum Gasteiger partial charge on any atom is -0.480 e. The number of carboxylic acid groups (broad SMARTS) is 1. The van der Waals surface area contributed by atoms with Gasteiger partial charge in [-0.2, -0.15) is 5.10 Å². The van der Waals surface area contributed by atoms with Crippen molar-refractivity contribution in [3.63, 3.8) is 0 Å². The van der Waals surface area contributed by atoms with E-state index in [0.717, 1.165) is 0 Å². The monoisotopic (exact) mass is 303 g/mol. The molecule has 0 radical (unpaired) electrons. The van der Waals surface area contributed by atoms with Crippen LogP contribution in [0, 0.1) is 12.7 Å². The topological polar surface area (TPSA) is 84.2 Å². The quantitative estimate of drug-likeness (QED) is 0.900. The third-order valence-electron chi connectivity index (χ3n) is 3.74. The van der Waals surface area contributed by atoms with Gasteiger partial charge in [0.2, 0.25) is 0 Å². The van der Waals surface area contributed by atoms with Crippen LogP contribution in [0.5, 0.6) is 0 Å². The van der Waals surface area contributed by atoms with Gasteiger partial charge >= 0.3 is 5.97 Å². The maximum Gasteiger partial charge on any atom is 0.329 e. The van der Waals surface area contributed by atoms with Crippen molar-refractivity contribution in [3.8, 4) is 5.69 Å². The molecule has 1 aromatic carbocycles. The fourth-order valence-electron chi connectivity index (χ4n) is 2.25. The molecule has 1 aliphatic carbocycles. The smallest absolute Gasteiger partial charge is 0.329 e. The summed E-state index contributed by atoms with van der Waals surface area (Å²) >= 11 is 0. The van der Waals surface area contributed by atoms with Crippen molar-refractivity contribution in [1.29, 1.82) is 0 Å². The first-order chi connectivity index (χ1) is 10.4. The Bertz CT molecular complexity index is 765. The highest BCUT2D eigenvalue weighted by Gasteiger charge is 2.51. The van der Waals surface area contributed by atoms with Crippen LogP contribution in [0.1, 0.15) is 28.9 Å². The van der Waals surface area contributed by atoms with Crippen molar-refractivity contribution < 1.29 is 19.1 Å². The van der Waals surface area contributed by atoms with Crippen LogP contribution in [0.25, 0.3) is 5.69 Å². The lowest BCUT2D eigenvalue weighted by molar-refractivity contribution is -0.140. The zero-order valence-electron chi connectivity index (χ0n) is 11.8. The van der Waals surface area contributed by atoms with Gasteiger partial charge in [0, 0.05) is 6.20 Å². The van der Waals surface area contributed by atoms with Crippen LogP contribution in [0.4, 0.5) is 4.39 Å². The number of aryl methyl sites for hydroxylation is 1. The molecule has 0 atom stereocenters. The summed E-state index contributed by atoms with van der Waals surface area (Å²) < 4.78 is 14.6. The minimum atomic E-state index is -1.15. The summed E-state index contributed by atoms with van der Waals surface area (Å²) in [6.45, 7) is 1.74. The summed E-state index contributed by atoms with van der Waals surface area (Å²) in [5.74, 6) is -1.91. The van der Waals surface area contributed by atoms with Gasteiger partial charge in [-0.25, -0.2) is 13.9 Å². The molecule has 6 nitrogen and oxygen atoms in total. The van der Waals surface area contributed by atoms with E-state index in [0.29, 0.717) is 24.1 Å². The van der Waals surface area contributed by atoms with E-state index in [1.54, 1.807) is 19.2 Å². The normalized spacial score (nSPS) is 15.4. The summed E-state index contributed by atoms with van der Waals surface area (Å²) in [6, 6.07) is 5.75. The van der Waals surface area contributed by atoms with Crippen LogP contribution < -0.4 is 5.32 Å². The Morgan fingerprint density at radius 1 is 1.36 bits per heavy atom. The highest BCUT2D eigenvalue weighted by atomic mass is 19.1. The Morgan fingerprint density at radius 2 is 2.09 bits per heavy atom. The number of carbonyl (C=O) groups is 2. The van der Waals surface area contributed by atoms with Gasteiger partial charge in [-0.05, 0) is 49.6 Å². The molecule has 1 aromatic heterocycles. The lowest BCUT2D eigenvalue weighted by Crippen LogP contribution is -2.43. The van der Waals surface area contributed by atoms with Crippen LogP contribution in [-0.2, 0) is 4.79 Å². The highest BCUT2D eigenvalue weighted by molar-refractivity contribution is 5.97. The number of nitrogens with one attached hydrogen (secondary N) is 1. The van der Waals surface area contributed by atoms with Crippen molar-refractivity contribution in [2.75, 3.05) is 0 Å². The number of hydrogen-bond donors (Lipinski definition) is 2. The minimum absolute atomic E-state index is 0.122. The standard InChI is InChI=1S/C15H14FN3O3/c1-9-8-10(16)2-3-12(9)19-7-4-11(18-19)13(20)17-15(5-6-15)14(21)22/h2-4,7-8H,5-6H2,1H3,(H,17,20)(H,21,22). The van der Waals surface area contributed by atoms with E-state index >= 15 is 0 Å². The molecular weight excluding hydrogens is 289 g/mol. The molecule has 114 valence electrons. The number of carboxylic acids is 1. The molecule has 0 spiro atoms. The van der Waals surface area contributed by atoms with Gasteiger partial charge in [0.05, 0.1) is 5.69 Å². The molecule has 1 saturated carbocycles. The van der Waals surface area contributed by atoms with Crippen LogP contribution in [0.3, 0.4) is 0 Å². The maximum atomic E-state index is 13.1. The van der Waals surface area contributed by atoms with Crippen molar-refractivity contribution >= 4 is 11.9 Å². The second kappa shape index (κ2) is 4.94. The van der Waals surface area contributed by atoms with Gasteiger partial charge in [0.25, 0.3) is 5.91 Å². The molecule has 1 amide bonds. The number of rotatable bonds is 4.